The predicted molar refractivity (Wildman–Crippen MR) is 71.1 cm³/mol. The standard InChI is InChI=1S/C13H19F3O5S/c1-10(2)18-7-5-17-12(6-22-13(14,15)16)9(8(7)19-10)20-11(3,4)21-12/h7-9H,5-6H2,1-4H3/t7-,8-,9+,12+/m1/s1. The molecule has 22 heavy (non-hydrogen) atoms. The molecule has 0 unspecified atom stereocenters. The van der Waals surface area contributed by atoms with Gasteiger partial charge in [0.15, 0.2) is 11.6 Å². The van der Waals surface area contributed by atoms with Gasteiger partial charge in [0.2, 0.25) is 5.79 Å². The Labute approximate surface area is 130 Å². The fourth-order valence-corrected chi connectivity index (χ4v) is 3.80. The summed E-state index contributed by atoms with van der Waals surface area (Å²) in [5.74, 6) is -3.80. The van der Waals surface area contributed by atoms with Gasteiger partial charge >= 0.3 is 5.51 Å². The first-order valence-corrected chi connectivity index (χ1v) is 7.98. The van der Waals surface area contributed by atoms with Crippen molar-refractivity contribution in [3.8, 4) is 0 Å². The minimum absolute atomic E-state index is 0.0997. The molecule has 3 saturated heterocycles. The molecule has 0 radical (unpaired) electrons. The van der Waals surface area contributed by atoms with E-state index in [4.69, 9.17) is 23.7 Å². The summed E-state index contributed by atoms with van der Waals surface area (Å²) >= 11 is -0.184. The molecule has 3 heterocycles. The Kier molecular flexibility index (Phi) is 3.79. The third-order valence-electron chi connectivity index (χ3n) is 3.71. The molecule has 3 aliphatic heterocycles. The minimum atomic E-state index is -4.37. The first-order valence-electron chi connectivity index (χ1n) is 7.00. The van der Waals surface area contributed by atoms with Gasteiger partial charge in [0.05, 0.1) is 12.4 Å². The molecule has 0 aromatic heterocycles. The number of ether oxygens (including phenoxy) is 5. The van der Waals surface area contributed by atoms with Crippen molar-refractivity contribution < 1.29 is 36.9 Å². The topological polar surface area (TPSA) is 46.2 Å². The van der Waals surface area contributed by atoms with Crippen molar-refractivity contribution in [1.29, 1.82) is 0 Å². The van der Waals surface area contributed by atoms with Crippen molar-refractivity contribution in [2.75, 3.05) is 12.4 Å². The van der Waals surface area contributed by atoms with Gasteiger partial charge in [-0.25, -0.2) is 0 Å². The first-order chi connectivity index (χ1) is 9.92. The van der Waals surface area contributed by atoms with Gasteiger partial charge in [-0.1, -0.05) is 0 Å². The normalized spacial score (nSPS) is 43.0. The first kappa shape index (κ1) is 16.8. The molecule has 5 nitrogen and oxygen atoms in total. The highest BCUT2D eigenvalue weighted by molar-refractivity contribution is 8.00. The van der Waals surface area contributed by atoms with Crippen LogP contribution in [-0.4, -0.2) is 53.5 Å². The van der Waals surface area contributed by atoms with E-state index < -0.39 is 40.8 Å². The number of hydrogen-bond donors (Lipinski definition) is 0. The second kappa shape index (κ2) is 4.97. The van der Waals surface area contributed by atoms with Crippen LogP contribution < -0.4 is 0 Å². The van der Waals surface area contributed by atoms with E-state index in [0.717, 1.165) is 0 Å². The van der Waals surface area contributed by atoms with Gasteiger partial charge in [-0.15, -0.1) is 0 Å². The molecule has 0 aromatic rings. The zero-order valence-corrected chi connectivity index (χ0v) is 13.5. The molecule has 0 N–H and O–H groups in total. The molecule has 3 rings (SSSR count). The number of fused-ring (bicyclic) bond motifs is 3. The van der Waals surface area contributed by atoms with E-state index in [0.29, 0.717) is 0 Å². The van der Waals surface area contributed by atoms with Gasteiger partial charge in [0, 0.05) is 0 Å². The Hall–Kier alpha value is -0.0600. The largest absolute Gasteiger partial charge is 0.442 e. The molecule has 128 valence electrons. The molecular formula is C13H19F3O5S. The Morgan fingerprint density at radius 1 is 1.05 bits per heavy atom. The number of halogens is 3. The Morgan fingerprint density at radius 3 is 2.36 bits per heavy atom. The summed E-state index contributed by atoms with van der Waals surface area (Å²) in [7, 11) is 0. The molecular weight excluding hydrogens is 325 g/mol. The van der Waals surface area contributed by atoms with Crippen LogP contribution in [0, 0.1) is 0 Å². The van der Waals surface area contributed by atoms with E-state index in [1.165, 1.54) is 0 Å². The van der Waals surface area contributed by atoms with Crippen LogP contribution in [0.25, 0.3) is 0 Å². The fourth-order valence-electron chi connectivity index (χ4n) is 3.13. The van der Waals surface area contributed by atoms with Crippen molar-refractivity contribution in [2.45, 2.75) is 68.9 Å². The SMILES string of the molecule is CC1(C)O[C@@H]2[C@@H](CO[C@@]3(CSC(F)(F)F)OC(C)(C)O[C@@H]23)O1. The smallest absolute Gasteiger partial charge is 0.344 e. The summed E-state index contributed by atoms with van der Waals surface area (Å²) in [4.78, 5) is 0. The van der Waals surface area contributed by atoms with Gasteiger partial charge in [0.25, 0.3) is 0 Å². The zero-order valence-electron chi connectivity index (χ0n) is 12.7. The van der Waals surface area contributed by atoms with E-state index in [9.17, 15) is 13.2 Å². The second-order valence-electron chi connectivity index (χ2n) is 6.54. The zero-order chi connectivity index (χ0) is 16.4. The lowest BCUT2D eigenvalue weighted by Gasteiger charge is -2.40. The maximum Gasteiger partial charge on any atom is 0.442 e. The van der Waals surface area contributed by atoms with E-state index in [1.54, 1.807) is 27.7 Å². The highest BCUT2D eigenvalue weighted by Crippen LogP contribution is 2.49. The van der Waals surface area contributed by atoms with Crippen molar-refractivity contribution in [3.63, 3.8) is 0 Å². The maximum atomic E-state index is 12.6. The molecule has 0 amide bonds. The van der Waals surface area contributed by atoms with Crippen LogP contribution in [0.3, 0.4) is 0 Å². The molecule has 0 saturated carbocycles. The Morgan fingerprint density at radius 2 is 1.73 bits per heavy atom. The molecule has 0 bridgehead atoms. The summed E-state index contributed by atoms with van der Waals surface area (Å²) in [6, 6.07) is 0. The Bertz CT molecular complexity index is 455. The maximum absolute atomic E-state index is 12.6. The van der Waals surface area contributed by atoms with Gasteiger partial charge in [0.1, 0.15) is 18.3 Å². The van der Waals surface area contributed by atoms with E-state index in [-0.39, 0.29) is 24.5 Å². The lowest BCUT2D eigenvalue weighted by molar-refractivity contribution is -0.268. The average Bonchev–Trinajstić information content (AvgIpc) is 2.78. The number of alkyl halides is 3. The Balaban J connectivity index is 1.84. The average molecular weight is 344 g/mol. The summed E-state index contributed by atoms with van der Waals surface area (Å²) in [5, 5.41) is 0. The van der Waals surface area contributed by atoms with E-state index in [1.807, 2.05) is 0 Å². The van der Waals surface area contributed by atoms with Crippen LogP contribution in [0.5, 0.6) is 0 Å². The molecule has 0 aliphatic carbocycles. The third kappa shape index (κ3) is 3.11. The lowest BCUT2D eigenvalue weighted by atomic mass is 9.98. The van der Waals surface area contributed by atoms with Gasteiger partial charge in [-0.2, -0.15) is 13.2 Å². The van der Waals surface area contributed by atoms with Gasteiger partial charge < -0.3 is 23.7 Å². The van der Waals surface area contributed by atoms with Gasteiger partial charge in [-0.05, 0) is 39.5 Å². The molecule has 0 aromatic carbocycles. The highest BCUT2D eigenvalue weighted by Gasteiger charge is 2.65. The van der Waals surface area contributed by atoms with Crippen LogP contribution in [0.2, 0.25) is 0 Å². The monoisotopic (exact) mass is 344 g/mol. The van der Waals surface area contributed by atoms with Gasteiger partial charge in [-0.3, -0.25) is 0 Å². The molecule has 3 aliphatic rings. The van der Waals surface area contributed by atoms with Crippen LogP contribution in [0.1, 0.15) is 27.7 Å². The fraction of sp³-hybridized carbons (Fsp3) is 1.00. The van der Waals surface area contributed by atoms with E-state index >= 15 is 0 Å². The third-order valence-corrected chi connectivity index (χ3v) is 4.59. The molecule has 3 fully saturated rings. The van der Waals surface area contributed by atoms with Crippen LogP contribution in [0.15, 0.2) is 0 Å². The molecule has 0 spiro atoms. The van der Waals surface area contributed by atoms with Crippen molar-refractivity contribution in [2.24, 2.45) is 0 Å². The highest BCUT2D eigenvalue weighted by atomic mass is 32.2. The number of thioether (sulfide) groups is 1. The summed E-state index contributed by atoms with van der Waals surface area (Å²) in [6.07, 6.45) is -1.70. The molecule has 9 heteroatoms. The molecule has 4 atom stereocenters. The predicted octanol–water partition coefficient (Wildman–Crippen LogP) is 2.64. The van der Waals surface area contributed by atoms with Crippen molar-refractivity contribution in [3.05, 3.63) is 0 Å². The second-order valence-corrected chi connectivity index (χ2v) is 7.58. The number of rotatable bonds is 2. The van der Waals surface area contributed by atoms with Crippen LogP contribution in [-0.2, 0) is 23.7 Å². The minimum Gasteiger partial charge on any atom is -0.344 e. The summed E-state index contributed by atoms with van der Waals surface area (Å²) < 4.78 is 66.5. The van der Waals surface area contributed by atoms with Crippen molar-refractivity contribution in [1.82, 2.24) is 0 Å². The number of hydrogen-bond acceptors (Lipinski definition) is 6. The van der Waals surface area contributed by atoms with Crippen LogP contribution in [0.4, 0.5) is 13.2 Å². The quantitative estimate of drug-likeness (QED) is 0.767. The summed E-state index contributed by atoms with van der Waals surface area (Å²) in [5.41, 5.74) is -4.37. The van der Waals surface area contributed by atoms with Crippen molar-refractivity contribution >= 4 is 11.8 Å². The van der Waals surface area contributed by atoms with Crippen LogP contribution >= 0.6 is 11.8 Å². The lowest BCUT2D eigenvalue weighted by Crippen LogP contribution is -2.59. The van der Waals surface area contributed by atoms with E-state index in [2.05, 4.69) is 0 Å². The summed E-state index contributed by atoms with van der Waals surface area (Å²) in [6.45, 7) is 6.88.